The summed E-state index contributed by atoms with van der Waals surface area (Å²) in [5.41, 5.74) is 0. The fourth-order valence-electron chi connectivity index (χ4n) is 1.06. The van der Waals surface area contributed by atoms with Crippen LogP contribution >= 0.6 is 11.6 Å². The van der Waals surface area contributed by atoms with Gasteiger partial charge in [-0.15, -0.1) is 0 Å². The molecule has 0 atom stereocenters. The Bertz CT molecular complexity index is 323. The molecule has 0 aliphatic carbocycles. The third kappa shape index (κ3) is 3.83. The van der Waals surface area contributed by atoms with E-state index in [1.165, 1.54) is 13.4 Å². The highest BCUT2D eigenvalue weighted by Gasteiger charge is 2.11. The molecule has 0 bridgehead atoms. The Hall–Kier alpha value is -1.07. The summed E-state index contributed by atoms with van der Waals surface area (Å²) < 4.78 is 15.7. The maximum absolute atomic E-state index is 5.80. The third-order valence-corrected chi connectivity index (χ3v) is 2.02. The zero-order chi connectivity index (χ0) is 11.8. The Balaban J connectivity index is 2.44. The van der Waals surface area contributed by atoms with Gasteiger partial charge in [-0.2, -0.15) is 4.98 Å². The second kappa shape index (κ2) is 7.24. The van der Waals surface area contributed by atoms with Crippen molar-refractivity contribution in [2.24, 2.45) is 0 Å². The number of rotatable bonds is 7. The maximum Gasteiger partial charge on any atom is 0.261 e. The summed E-state index contributed by atoms with van der Waals surface area (Å²) in [4.78, 5) is 7.72. The van der Waals surface area contributed by atoms with Crippen molar-refractivity contribution in [2.75, 3.05) is 26.9 Å². The Kier molecular flexibility index (Phi) is 5.88. The predicted octanol–water partition coefficient (Wildman–Crippen LogP) is 1.94. The Morgan fingerprint density at radius 1 is 1.25 bits per heavy atom. The summed E-state index contributed by atoms with van der Waals surface area (Å²) in [6.45, 7) is 3.70. The molecule has 90 valence electrons. The van der Waals surface area contributed by atoms with Crippen LogP contribution in [0.5, 0.6) is 11.6 Å². The lowest BCUT2D eigenvalue weighted by molar-refractivity contribution is 0.0977. The molecule has 0 saturated heterocycles. The average Bonchev–Trinajstić information content (AvgIpc) is 2.29. The number of aromatic nitrogens is 2. The lowest BCUT2D eigenvalue weighted by atomic mass is 10.5. The van der Waals surface area contributed by atoms with E-state index in [0.717, 1.165) is 13.0 Å². The van der Waals surface area contributed by atoms with Crippen molar-refractivity contribution in [1.82, 2.24) is 9.97 Å². The molecule has 0 N–H and O–H groups in total. The monoisotopic (exact) mass is 246 g/mol. The summed E-state index contributed by atoms with van der Waals surface area (Å²) in [7, 11) is 1.49. The second-order valence-corrected chi connectivity index (χ2v) is 3.32. The number of halogens is 1. The highest BCUT2D eigenvalue weighted by molar-refractivity contribution is 6.31. The molecule has 0 unspecified atom stereocenters. The molecular formula is C10H15ClN2O3. The highest BCUT2D eigenvalue weighted by atomic mass is 35.5. The van der Waals surface area contributed by atoms with E-state index in [4.69, 9.17) is 25.8 Å². The Morgan fingerprint density at radius 2 is 2.06 bits per heavy atom. The molecule has 0 aliphatic rings. The minimum Gasteiger partial charge on any atom is -0.489 e. The topological polar surface area (TPSA) is 53.5 Å². The molecule has 16 heavy (non-hydrogen) atoms. The van der Waals surface area contributed by atoms with E-state index in [0.29, 0.717) is 24.8 Å². The van der Waals surface area contributed by atoms with Crippen molar-refractivity contribution in [3.05, 3.63) is 11.5 Å². The predicted molar refractivity (Wildman–Crippen MR) is 60.2 cm³/mol. The third-order valence-electron chi connectivity index (χ3n) is 1.75. The van der Waals surface area contributed by atoms with Crippen molar-refractivity contribution < 1.29 is 14.2 Å². The van der Waals surface area contributed by atoms with Gasteiger partial charge in [-0.25, -0.2) is 4.98 Å². The molecule has 0 spiro atoms. The van der Waals surface area contributed by atoms with E-state index in [-0.39, 0.29) is 5.15 Å². The highest BCUT2D eigenvalue weighted by Crippen LogP contribution is 2.30. The molecule has 5 nitrogen and oxygen atoms in total. The molecule has 0 radical (unpaired) electrons. The van der Waals surface area contributed by atoms with Crippen molar-refractivity contribution in [3.8, 4) is 11.6 Å². The number of ether oxygens (including phenoxy) is 3. The summed E-state index contributed by atoms with van der Waals surface area (Å²) in [6, 6.07) is 0. The van der Waals surface area contributed by atoms with Crippen LogP contribution in [-0.4, -0.2) is 36.9 Å². The SMILES string of the molecule is CCCOCCOc1ncnc(Cl)c1OC. The van der Waals surface area contributed by atoms with Gasteiger partial charge >= 0.3 is 0 Å². The van der Waals surface area contributed by atoms with E-state index in [1.54, 1.807) is 0 Å². The minimum absolute atomic E-state index is 0.238. The zero-order valence-electron chi connectivity index (χ0n) is 9.40. The van der Waals surface area contributed by atoms with Crippen LogP contribution in [0.2, 0.25) is 5.15 Å². The summed E-state index contributed by atoms with van der Waals surface area (Å²) in [6.07, 6.45) is 2.32. The molecule has 0 aliphatic heterocycles. The smallest absolute Gasteiger partial charge is 0.261 e. The standard InChI is InChI=1S/C10H15ClN2O3/c1-3-4-15-5-6-16-10-8(14-2)9(11)12-7-13-10/h7H,3-6H2,1-2H3. The van der Waals surface area contributed by atoms with Crippen LogP contribution in [0.1, 0.15) is 13.3 Å². The molecule has 0 saturated carbocycles. The summed E-state index contributed by atoms with van der Waals surface area (Å²) in [5.74, 6) is 0.683. The van der Waals surface area contributed by atoms with Crippen LogP contribution in [0.3, 0.4) is 0 Å². The van der Waals surface area contributed by atoms with E-state index in [9.17, 15) is 0 Å². The number of hydrogen-bond acceptors (Lipinski definition) is 5. The van der Waals surface area contributed by atoms with E-state index in [1.807, 2.05) is 6.92 Å². The lowest BCUT2D eigenvalue weighted by Gasteiger charge is -2.09. The van der Waals surface area contributed by atoms with E-state index >= 15 is 0 Å². The average molecular weight is 247 g/mol. The second-order valence-electron chi connectivity index (χ2n) is 2.96. The van der Waals surface area contributed by atoms with Crippen molar-refractivity contribution in [3.63, 3.8) is 0 Å². The summed E-state index contributed by atoms with van der Waals surface area (Å²) in [5, 5.41) is 0.238. The van der Waals surface area contributed by atoms with Crippen LogP contribution in [0.15, 0.2) is 6.33 Å². The molecule has 6 heteroatoms. The van der Waals surface area contributed by atoms with Gasteiger partial charge < -0.3 is 14.2 Å². The van der Waals surface area contributed by atoms with Crippen LogP contribution in [0.4, 0.5) is 0 Å². The van der Waals surface area contributed by atoms with Gasteiger partial charge in [-0.3, -0.25) is 0 Å². The first-order valence-corrected chi connectivity index (χ1v) is 5.42. The molecule has 0 fully saturated rings. The molecule has 0 aromatic carbocycles. The minimum atomic E-state index is 0.238. The number of methoxy groups -OCH3 is 1. The first-order chi connectivity index (χ1) is 7.79. The van der Waals surface area contributed by atoms with Crippen LogP contribution in [-0.2, 0) is 4.74 Å². The lowest BCUT2D eigenvalue weighted by Crippen LogP contribution is -2.09. The van der Waals surface area contributed by atoms with Gasteiger partial charge in [-0.05, 0) is 6.42 Å². The Labute approximate surface area is 99.7 Å². The summed E-state index contributed by atoms with van der Waals surface area (Å²) >= 11 is 5.80. The van der Waals surface area contributed by atoms with Crippen molar-refractivity contribution >= 4 is 11.6 Å². The molecule has 1 heterocycles. The van der Waals surface area contributed by atoms with Crippen LogP contribution in [0.25, 0.3) is 0 Å². The van der Waals surface area contributed by atoms with Crippen molar-refractivity contribution in [2.45, 2.75) is 13.3 Å². The molecule has 0 amide bonds. The van der Waals surface area contributed by atoms with Gasteiger partial charge in [-0.1, -0.05) is 18.5 Å². The maximum atomic E-state index is 5.80. The molecular weight excluding hydrogens is 232 g/mol. The van der Waals surface area contributed by atoms with E-state index < -0.39 is 0 Å². The van der Waals surface area contributed by atoms with Gasteiger partial charge in [0.2, 0.25) is 5.75 Å². The first kappa shape index (κ1) is 13.0. The number of nitrogens with zero attached hydrogens (tertiary/aromatic N) is 2. The molecule has 1 aromatic rings. The Morgan fingerprint density at radius 3 is 2.75 bits per heavy atom. The normalized spacial score (nSPS) is 10.2. The first-order valence-electron chi connectivity index (χ1n) is 5.04. The van der Waals surface area contributed by atoms with Gasteiger partial charge in [0.05, 0.1) is 13.7 Å². The van der Waals surface area contributed by atoms with Gasteiger partial charge in [0, 0.05) is 6.61 Å². The van der Waals surface area contributed by atoms with Gasteiger partial charge in [0.15, 0.2) is 5.15 Å². The molecule has 1 aromatic heterocycles. The zero-order valence-corrected chi connectivity index (χ0v) is 10.2. The van der Waals surface area contributed by atoms with Crippen molar-refractivity contribution in [1.29, 1.82) is 0 Å². The fraction of sp³-hybridized carbons (Fsp3) is 0.600. The van der Waals surface area contributed by atoms with Crippen LogP contribution in [0, 0.1) is 0 Å². The molecule has 1 rings (SSSR count). The fourth-order valence-corrected chi connectivity index (χ4v) is 1.26. The van der Waals surface area contributed by atoms with E-state index in [2.05, 4.69) is 9.97 Å². The van der Waals surface area contributed by atoms with Crippen LogP contribution < -0.4 is 9.47 Å². The van der Waals surface area contributed by atoms with Gasteiger partial charge in [0.25, 0.3) is 5.88 Å². The quantitative estimate of drug-likeness (QED) is 0.544. The van der Waals surface area contributed by atoms with Gasteiger partial charge in [0.1, 0.15) is 12.9 Å². The number of hydrogen-bond donors (Lipinski definition) is 0. The largest absolute Gasteiger partial charge is 0.489 e.